The Balaban J connectivity index is 1.19. The summed E-state index contributed by atoms with van der Waals surface area (Å²) in [7, 11) is 0. The molecule has 107 heavy (non-hydrogen) atoms. The summed E-state index contributed by atoms with van der Waals surface area (Å²) in [5, 5.41) is 109. The Morgan fingerprint density at radius 1 is 0.402 bits per heavy atom. The maximum absolute atomic E-state index is 14.1. The molecule has 0 aliphatic carbocycles. The number of carbonyl (C=O) groups is 10. The van der Waals surface area contributed by atoms with E-state index in [1.54, 1.807) is 0 Å². The number of ether oxygens (including phenoxy) is 15. The minimum Gasteiger partial charge on any atom is -0.394 e. The van der Waals surface area contributed by atoms with E-state index in [4.69, 9.17) is 75.9 Å². The molecule has 43 heteroatoms. The normalized spacial score (nSPS) is 25.7. The van der Waals surface area contributed by atoms with Crippen molar-refractivity contribution in [3.8, 4) is 0 Å². The molecule has 616 valence electrons. The first kappa shape index (κ1) is 93.3. The van der Waals surface area contributed by atoms with E-state index in [2.05, 4.69) is 37.2 Å². The number of carbonyl (C=O) groups excluding carboxylic acids is 10. The lowest BCUT2D eigenvalue weighted by Gasteiger charge is -2.42. The molecule has 0 radical (unpaired) electrons. The Bertz CT molecular complexity index is 2610. The van der Waals surface area contributed by atoms with Gasteiger partial charge in [-0.05, 0) is 38.5 Å². The molecule has 0 bridgehead atoms. The molecule has 4 saturated heterocycles. The smallest absolute Gasteiger partial charge is 0.355 e. The number of hydrogen-bond donors (Lipinski definition) is 16. The Morgan fingerprint density at radius 2 is 0.701 bits per heavy atom. The molecule has 4 fully saturated rings. The number of rotatable bonds is 57. The maximum atomic E-state index is 14.1. The highest BCUT2D eigenvalue weighted by Crippen LogP contribution is 2.25. The standard InChI is InChI=1S/C64H110N8O35/c1-38(76)67-51-57(87)54(84)43(32-73)104-62(51)101-29-26-95-17-14-92-20-23-98-35-46(79)65-12-6-4-8-41(70-48(81)37-100-25-22-94-16-19-97-28-31-103-64-53(69-40(3)78)59(89)56(86)45(34-75)106-64)60(90)71-42(61(91)107-72-49(82)10-11-50(72)83)9-5-7-13-66-47(80)36-99-24-21-93-15-18-96-27-30-102-63-52(68-39(2)77)58(88)55(85)44(33-74)105-63/h41-45,51-59,62-64,73-75,84-89H,4-37H2,1-3H3,(H,65,79)(H,66,80)(H,67,76)(H,68,77)(H,69,78)(H,70,81)(H,71,90)/t41?,42?,43-,44-,45-,51-,52-,53-,54+,55+,56+,57-,58-,59-,62-,63?,64-/m1/s1. The van der Waals surface area contributed by atoms with Gasteiger partial charge in [0.25, 0.3) is 11.8 Å². The summed E-state index contributed by atoms with van der Waals surface area (Å²) in [5.74, 6) is -6.80. The number of amides is 9. The Labute approximate surface area is 617 Å². The summed E-state index contributed by atoms with van der Waals surface area (Å²) in [4.78, 5) is 131. The fraction of sp³-hybridized carbons (Fsp3) is 0.844. The second-order valence-corrected chi connectivity index (χ2v) is 24.6. The number of hydroxylamine groups is 2. The van der Waals surface area contributed by atoms with Crippen molar-refractivity contribution < 1.29 is 170 Å². The number of hydrogen-bond acceptors (Lipinski definition) is 35. The lowest BCUT2D eigenvalue weighted by Crippen LogP contribution is -2.64. The van der Waals surface area contributed by atoms with Gasteiger partial charge in [-0.3, -0.25) is 43.2 Å². The Kier molecular flexibility index (Phi) is 46.9. The summed E-state index contributed by atoms with van der Waals surface area (Å²) in [5.41, 5.74) is 0. The summed E-state index contributed by atoms with van der Waals surface area (Å²) in [6.07, 6.45) is -15.5. The van der Waals surface area contributed by atoms with Gasteiger partial charge in [0.2, 0.25) is 41.4 Å². The number of aliphatic hydroxyl groups excluding tert-OH is 9. The number of aliphatic hydroxyl groups is 9. The topological polar surface area (TPSA) is 588 Å². The van der Waals surface area contributed by atoms with Crippen LogP contribution in [0.4, 0.5) is 0 Å². The highest BCUT2D eigenvalue weighted by molar-refractivity contribution is 6.02. The van der Waals surface area contributed by atoms with Gasteiger partial charge in [0.05, 0.1) is 139 Å². The molecule has 0 aromatic heterocycles. The third-order valence-electron chi connectivity index (χ3n) is 16.1. The molecule has 4 aliphatic rings. The van der Waals surface area contributed by atoms with E-state index in [0.717, 1.165) is 0 Å². The van der Waals surface area contributed by atoms with Crippen LogP contribution in [-0.2, 0) is 124 Å². The molecule has 3 unspecified atom stereocenters. The van der Waals surface area contributed by atoms with Gasteiger partial charge in [0, 0.05) is 46.7 Å². The lowest BCUT2D eigenvalue weighted by atomic mass is 9.97. The SMILES string of the molecule is CC(=O)N[C@H]1[C@H](OCCOCCOCCOCC(=O)NCCCCC(NC(=O)COCCOCCOCCO[C@@H]2O[C@H](CO)[C@H](O)[C@H](O)[C@H]2NC(C)=O)C(=O)NC(CCCCNC(=O)COCCOCCOCCOC2O[C@H](CO)[C@H](O)[C@H](O)[C@H]2NC(C)=O)C(=O)ON2C(=O)CCC2=O)O[C@H](CO)[C@H](O)[C@@H]1O. The number of nitrogens with zero attached hydrogens (tertiary/aromatic N) is 1. The molecule has 0 aromatic rings. The summed E-state index contributed by atoms with van der Waals surface area (Å²) < 4.78 is 82.5. The molecule has 0 aromatic carbocycles. The molecule has 43 nitrogen and oxygen atoms in total. The van der Waals surface area contributed by atoms with Gasteiger partial charge in [-0.1, -0.05) is 0 Å². The van der Waals surface area contributed by atoms with Crippen molar-refractivity contribution in [1.82, 2.24) is 42.3 Å². The highest BCUT2D eigenvalue weighted by atomic mass is 16.7. The van der Waals surface area contributed by atoms with Gasteiger partial charge in [-0.2, -0.15) is 0 Å². The molecular formula is C64H110N8O35. The third kappa shape index (κ3) is 36.1. The van der Waals surface area contributed by atoms with E-state index in [9.17, 15) is 93.9 Å². The van der Waals surface area contributed by atoms with Crippen LogP contribution >= 0.6 is 0 Å². The first-order valence-corrected chi connectivity index (χ1v) is 35.3. The van der Waals surface area contributed by atoms with Crippen LogP contribution in [0.1, 0.15) is 72.1 Å². The zero-order valence-electron chi connectivity index (χ0n) is 60.4. The fourth-order valence-electron chi connectivity index (χ4n) is 10.7. The van der Waals surface area contributed by atoms with Crippen LogP contribution in [0.2, 0.25) is 0 Å². The van der Waals surface area contributed by atoms with Gasteiger partial charge in [0.15, 0.2) is 18.9 Å². The van der Waals surface area contributed by atoms with Crippen molar-refractivity contribution >= 4 is 59.1 Å². The number of nitrogens with one attached hydrogen (secondary N) is 7. The van der Waals surface area contributed by atoms with Crippen LogP contribution in [0.5, 0.6) is 0 Å². The van der Waals surface area contributed by atoms with Crippen molar-refractivity contribution in [2.45, 2.75) is 176 Å². The van der Waals surface area contributed by atoms with Gasteiger partial charge in [-0.15, -0.1) is 5.06 Å². The minimum absolute atomic E-state index is 0.00363. The molecule has 4 heterocycles. The molecule has 9 amide bonds. The van der Waals surface area contributed by atoms with Gasteiger partial charge in [-0.25, -0.2) is 4.79 Å². The molecule has 17 atom stereocenters. The highest BCUT2D eigenvalue weighted by Gasteiger charge is 2.48. The van der Waals surface area contributed by atoms with Crippen LogP contribution in [-0.4, -0.2) is 386 Å². The summed E-state index contributed by atoms with van der Waals surface area (Å²) >= 11 is 0. The molecule has 4 aliphatic heterocycles. The number of imide groups is 1. The van der Waals surface area contributed by atoms with Gasteiger partial charge in [0.1, 0.15) is 105 Å². The van der Waals surface area contributed by atoms with E-state index in [0.29, 0.717) is 5.06 Å². The van der Waals surface area contributed by atoms with E-state index in [1.165, 1.54) is 20.8 Å². The predicted molar refractivity (Wildman–Crippen MR) is 356 cm³/mol. The first-order chi connectivity index (χ1) is 51.4. The molecule has 0 spiro atoms. The average molecular weight is 1550 g/mol. The zero-order valence-corrected chi connectivity index (χ0v) is 60.4. The van der Waals surface area contributed by atoms with Gasteiger partial charge < -0.3 is 159 Å². The van der Waals surface area contributed by atoms with Crippen LogP contribution in [0, 0.1) is 0 Å². The van der Waals surface area contributed by atoms with Crippen LogP contribution in [0.3, 0.4) is 0 Å². The molecular weight excluding hydrogens is 1440 g/mol. The fourth-order valence-corrected chi connectivity index (χ4v) is 10.7. The van der Waals surface area contributed by atoms with Crippen molar-refractivity contribution in [2.24, 2.45) is 0 Å². The zero-order chi connectivity index (χ0) is 78.5. The molecule has 0 saturated carbocycles. The second kappa shape index (κ2) is 53.7. The van der Waals surface area contributed by atoms with E-state index in [-0.39, 0.29) is 197 Å². The first-order valence-electron chi connectivity index (χ1n) is 35.3. The van der Waals surface area contributed by atoms with E-state index < -0.39 is 190 Å². The number of unbranched alkanes of at least 4 members (excludes halogenated alkanes) is 2. The largest absolute Gasteiger partial charge is 0.394 e. The monoisotopic (exact) mass is 1550 g/mol. The quantitative estimate of drug-likeness (QED) is 0.0199. The van der Waals surface area contributed by atoms with E-state index in [1.807, 2.05) is 0 Å². The van der Waals surface area contributed by atoms with Crippen LogP contribution < -0.4 is 37.2 Å². The average Bonchev–Trinajstić information content (AvgIpc) is 1.60. The second-order valence-electron chi connectivity index (χ2n) is 24.6. The van der Waals surface area contributed by atoms with E-state index >= 15 is 0 Å². The summed E-state index contributed by atoms with van der Waals surface area (Å²) in [6.45, 7) is 1.80. The minimum atomic E-state index is -1.49. The van der Waals surface area contributed by atoms with Crippen molar-refractivity contribution in [2.75, 3.05) is 172 Å². The van der Waals surface area contributed by atoms with Crippen molar-refractivity contribution in [3.05, 3.63) is 0 Å². The molecule has 16 N–H and O–H groups in total. The molecule has 4 rings (SSSR count). The van der Waals surface area contributed by atoms with Crippen molar-refractivity contribution in [3.63, 3.8) is 0 Å². The predicted octanol–water partition coefficient (Wildman–Crippen LogP) is -9.83. The maximum Gasteiger partial charge on any atom is 0.355 e. The lowest BCUT2D eigenvalue weighted by molar-refractivity contribution is -0.272. The van der Waals surface area contributed by atoms with Crippen LogP contribution in [0.25, 0.3) is 0 Å². The summed E-state index contributed by atoms with van der Waals surface area (Å²) in [6, 6.07) is -6.13. The Hall–Kier alpha value is -6.06. The third-order valence-corrected chi connectivity index (χ3v) is 16.1. The van der Waals surface area contributed by atoms with Crippen molar-refractivity contribution in [1.29, 1.82) is 0 Å². The van der Waals surface area contributed by atoms with Gasteiger partial charge >= 0.3 is 5.97 Å². The van der Waals surface area contributed by atoms with Crippen LogP contribution in [0.15, 0.2) is 0 Å². The Morgan fingerprint density at radius 3 is 1.02 bits per heavy atom.